The van der Waals surface area contributed by atoms with Crippen LogP contribution in [0.25, 0.3) is 0 Å². The Morgan fingerprint density at radius 1 is 1.12 bits per heavy atom. The van der Waals surface area contributed by atoms with Crippen molar-refractivity contribution >= 4 is 38.9 Å². The van der Waals surface area contributed by atoms with Gasteiger partial charge in [-0.25, -0.2) is 8.42 Å². The van der Waals surface area contributed by atoms with Gasteiger partial charge in [0.2, 0.25) is 10.0 Å². The molecule has 0 fully saturated rings. The molecule has 2 aromatic rings. The fraction of sp³-hybridized carbons (Fsp3) is 0.389. The quantitative estimate of drug-likeness (QED) is 0.711. The molecule has 0 saturated heterocycles. The molecule has 26 heavy (non-hydrogen) atoms. The Hall–Kier alpha value is -1.41. The molecule has 0 spiro atoms. The smallest absolute Gasteiger partial charge is 0.253 e. The molecule has 142 valence electrons. The molecule has 0 aliphatic rings. The van der Waals surface area contributed by atoms with Gasteiger partial charge in [-0.05, 0) is 36.8 Å². The number of thiophene rings is 1. The van der Waals surface area contributed by atoms with E-state index in [0.717, 1.165) is 11.3 Å². The van der Waals surface area contributed by atoms with Crippen molar-refractivity contribution in [1.29, 1.82) is 0 Å². The maximum Gasteiger partial charge on any atom is 0.253 e. The van der Waals surface area contributed by atoms with Crippen molar-refractivity contribution in [2.24, 2.45) is 0 Å². The molecular formula is C18H23ClN2O3S2. The van der Waals surface area contributed by atoms with E-state index in [2.05, 4.69) is 12.2 Å². The van der Waals surface area contributed by atoms with E-state index in [1.807, 2.05) is 12.1 Å². The number of benzene rings is 1. The Balaban J connectivity index is 2.22. The summed E-state index contributed by atoms with van der Waals surface area (Å²) in [5.74, 6) is -0.391. The Kier molecular flexibility index (Phi) is 7.23. The zero-order chi connectivity index (χ0) is 19.3. The number of aryl methyl sites for hydroxylation is 1. The number of hydrogen-bond acceptors (Lipinski definition) is 4. The van der Waals surface area contributed by atoms with Gasteiger partial charge in [-0.3, -0.25) is 4.79 Å². The van der Waals surface area contributed by atoms with Crippen LogP contribution in [0.5, 0.6) is 0 Å². The molecule has 1 heterocycles. The van der Waals surface area contributed by atoms with Crippen LogP contribution in [0, 0.1) is 0 Å². The molecule has 2 rings (SSSR count). The average molecular weight is 415 g/mol. The third-order valence-electron chi connectivity index (χ3n) is 4.01. The van der Waals surface area contributed by atoms with E-state index in [1.54, 1.807) is 25.2 Å². The highest BCUT2D eigenvalue weighted by Crippen LogP contribution is 2.23. The summed E-state index contributed by atoms with van der Waals surface area (Å²) < 4.78 is 26.6. The van der Waals surface area contributed by atoms with E-state index in [1.165, 1.54) is 27.4 Å². The van der Waals surface area contributed by atoms with Gasteiger partial charge < -0.3 is 5.32 Å². The van der Waals surface area contributed by atoms with Crippen molar-refractivity contribution in [3.8, 4) is 0 Å². The Morgan fingerprint density at radius 2 is 1.77 bits per heavy atom. The summed E-state index contributed by atoms with van der Waals surface area (Å²) in [6, 6.07) is 8.24. The molecule has 0 atom stereocenters. The maximum atomic E-state index is 12.6. The lowest BCUT2D eigenvalue weighted by Gasteiger charge is -2.19. The number of nitrogens with zero attached hydrogens (tertiary/aromatic N) is 1. The van der Waals surface area contributed by atoms with Gasteiger partial charge in [-0.15, -0.1) is 11.3 Å². The van der Waals surface area contributed by atoms with Crippen LogP contribution in [0.1, 0.15) is 40.9 Å². The van der Waals surface area contributed by atoms with Crippen LogP contribution in [0.15, 0.2) is 35.2 Å². The largest absolute Gasteiger partial charge is 0.347 e. The van der Waals surface area contributed by atoms with E-state index >= 15 is 0 Å². The normalized spacial score (nSPS) is 11.7. The Bertz CT molecular complexity index is 874. The van der Waals surface area contributed by atoms with Crippen molar-refractivity contribution in [1.82, 2.24) is 9.62 Å². The molecule has 0 saturated carbocycles. The summed E-state index contributed by atoms with van der Waals surface area (Å²) >= 11 is 7.77. The highest BCUT2D eigenvalue weighted by molar-refractivity contribution is 7.89. The first kappa shape index (κ1) is 20.9. The van der Waals surface area contributed by atoms with E-state index in [4.69, 9.17) is 11.6 Å². The average Bonchev–Trinajstić information content (AvgIpc) is 3.08. The molecule has 0 unspecified atom stereocenters. The molecule has 8 heteroatoms. The lowest BCUT2D eigenvalue weighted by atomic mass is 10.2. The van der Waals surface area contributed by atoms with E-state index in [9.17, 15) is 13.2 Å². The van der Waals surface area contributed by atoms with Gasteiger partial charge in [0.05, 0.1) is 22.0 Å². The van der Waals surface area contributed by atoms with Crippen molar-refractivity contribution in [3.05, 3.63) is 50.7 Å². The van der Waals surface area contributed by atoms with Gasteiger partial charge in [0.25, 0.3) is 5.91 Å². The number of nitrogens with one attached hydrogen (secondary N) is 1. The van der Waals surface area contributed by atoms with Crippen molar-refractivity contribution in [2.45, 2.75) is 38.6 Å². The molecule has 0 aliphatic carbocycles. The summed E-state index contributed by atoms with van der Waals surface area (Å²) in [6.07, 6.45) is 0.954. The van der Waals surface area contributed by atoms with E-state index < -0.39 is 15.9 Å². The second-order valence-corrected chi connectivity index (χ2v) is 9.23. The predicted octanol–water partition coefficient (Wildman–Crippen LogP) is 3.92. The molecule has 0 aliphatic heterocycles. The van der Waals surface area contributed by atoms with Crippen molar-refractivity contribution in [3.63, 3.8) is 0 Å². The summed E-state index contributed by atoms with van der Waals surface area (Å²) in [7, 11) is -3.64. The Morgan fingerprint density at radius 3 is 2.35 bits per heavy atom. The maximum absolute atomic E-state index is 12.6. The first-order valence-electron chi connectivity index (χ1n) is 8.48. The highest BCUT2D eigenvalue weighted by atomic mass is 35.5. The number of rotatable bonds is 8. The molecule has 1 aromatic carbocycles. The van der Waals surface area contributed by atoms with Gasteiger partial charge in [-0.1, -0.05) is 32.4 Å². The van der Waals surface area contributed by atoms with Crippen LogP contribution in [0.2, 0.25) is 5.02 Å². The molecule has 1 N–H and O–H groups in total. The van der Waals surface area contributed by atoms with Crippen molar-refractivity contribution < 1.29 is 13.2 Å². The first-order chi connectivity index (χ1) is 12.3. The third-order valence-corrected chi connectivity index (χ3v) is 7.62. The summed E-state index contributed by atoms with van der Waals surface area (Å²) in [5, 5.41) is 3.03. The first-order valence-corrected chi connectivity index (χ1v) is 11.1. The van der Waals surface area contributed by atoms with Crippen LogP contribution in [0.4, 0.5) is 0 Å². The van der Waals surface area contributed by atoms with Gasteiger partial charge in [0, 0.05) is 22.8 Å². The van der Waals surface area contributed by atoms with Crippen LogP contribution < -0.4 is 5.32 Å². The van der Waals surface area contributed by atoms with Gasteiger partial charge in [-0.2, -0.15) is 4.31 Å². The number of sulfonamides is 1. The zero-order valence-corrected chi connectivity index (χ0v) is 17.5. The van der Waals surface area contributed by atoms with Crippen molar-refractivity contribution in [2.75, 3.05) is 13.1 Å². The highest BCUT2D eigenvalue weighted by Gasteiger charge is 2.23. The predicted molar refractivity (Wildman–Crippen MR) is 106 cm³/mol. The summed E-state index contributed by atoms with van der Waals surface area (Å²) in [5.41, 5.74) is 0.159. The number of halogens is 1. The molecule has 5 nitrogen and oxygen atoms in total. The topological polar surface area (TPSA) is 66.5 Å². The SMILES string of the molecule is CCc1ccc(CNC(=O)c2cc(S(=O)(=O)N(CC)CC)ccc2Cl)s1. The fourth-order valence-electron chi connectivity index (χ4n) is 2.52. The minimum absolute atomic E-state index is 0.0696. The monoisotopic (exact) mass is 414 g/mol. The minimum atomic E-state index is -3.64. The second kappa shape index (κ2) is 8.99. The minimum Gasteiger partial charge on any atom is -0.347 e. The number of hydrogen-bond donors (Lipinski definition) is 1. The molecule has 1 amide bonds. The van der Waals surface area contributed by atoms with Crippen LogP contribution >= 0.6 is 22.9 Å². The van der Waals surface area contributed by atoms with E-state index in [-0.39, 0.29) is 15.5 Å². The van der Waals surface area contributed by atoms with Gasteiger partial charge in [0.15, 0.2) is 0 Å². The third kappa shape index (κ3) is 4.65. The lowest BCUT2D eigenvalue weighted by Crippen LogP contribution is -2.31. The Labute approximate surface area is 164 Å². The summed E-state index contributed by atoms with van der Waals surface area (Å²) in [4.78, 5) is 14.9. The molecular weight excluding hydrogens is 392 g/mol. The van der Waals surface area contributed by atoms with Crippen LogP contribution in [-0.4, -0.2) is 31.7 Å². The number of carbonyl (C=O) groups excluding carboxylic acids is 1. The number of amides is 1. The lowest BCUT2D eigenvalue weighted by molar-refractivity contribution is 0.0951. The number of carbonyl (C=O) groups is 1. The standard InChI is InChI=1S/C18H23ClN2O3S2/c1-4-13-7-8-14(25-13)12-20-18(22)16-11-15(9-10-17(16)19)26(23,24)21(5-2)6-3/h7-11H,4-6,12H2,1-3H3,(H,20,22). The fourth-order valence-corrected chi connectivity index (χ4v) is 5.11. The zero-order valence-electron chi connectivity index (χ0n) is 15.1. The molecule has 0 radical (unpaired) electrons. The van der Waals surface area contributed by atoms with Gasteiger partial charge >= 0.3 is 0 Å². The molecule has 0 bridgehead atoms. The van der Waals surface area contributed by atoms with Gasteiger partial charge in [0.1, 0.15) is 0 Å². The second-order valence-electron chi connectivity index (χ2n) is 5.64. The van der Waals surface area contributed by atoms with Crippen LogP contribution in [0.3, 0.4) is 0 Å². The van der Waals surface area contributed by atoms with E-state index in [0.29, 0.717) is 19.6 Å². The summed E-state index contributed by atoms with van der Waals surface area (Å²) in [6.45, 7) is 6.73. The van der Waals surface area contributed by atoms with Crippen LogP contribution in [-0.2, 0) is 23.0 Å². The molecule has 1 aromatic heterocycles.